The van der Waals surface area contributed by atoms with Crippen LogP contribution in [0.3, 0.4) is 0 Å². The summed E-state index contributed by atoms with van der Waals surface area (Å²) in [4.78, 5) is 6.61. The van der Waals surface area contributed by atoms with E-state index in [1.54, 1.807) is 0 Å². The molecular formula is C10H15N3. The van der Waals surface area contributed by atoms with Crippen LogP contribution in [0.1, 0.15) is 12.0 Å². The first-order valence-corrected chi connectivity index (χ1v) is 4.69. The fourth-order valence-electron chi connectivity index (χ4n) is 1.64. The summed E-state index contributed by atoms with van der Waals surface area (Å²) in [7, 11) is 0. The van der Waals surface area contributed by atoms with Gasteiger partial charge in [0, 0.05) is 25.3 Å². The first-order valence-electron chi connectivity index (χ1n) is 4.69. The minimum absolute atomic E-state index is 0.322. The van der Waals surface area contributed by atoms with Crippen LogP contribution in [-0.4, -0.2) is 24.1 Å². The van der Waals surface area contributed by atoms with E-state index >= 15 is 0 Å². The van der Waals surface area contributed by atoms with E-state index in [-0.39, 0.29) is 0 Å². The smallest absolute Gasteiger partial charge is 0.128 e. The van der Waals surface area contributed by atoms with Crippen molar-refractivity contribution in [1.29, 1.82) is 0 Å². The Labute approximate surface area is 78.6 Å². The van der Waals surface area contributed by atoms with E-state index < -0.39 is 0 Å². The molecule has 1 aliphatic heterocycles. The highest BCUT2D eigenvalue weighted by atomic mass is 15.2. The maximum absolute atomic E-state index is 5.82. The summed E-state index contributed by atoms with van der Waals surface area (Å²) in [5, 5.41) is 0. The van der Waals surface area contributed by atoms with Gasteiger partial charge in [-0.05, 0) is 25.0 Å². The lowest BCUT2D eigenvalue weighted by atomic mass is 10.3. The van der Waals surface area contributed by atoms with Crippen LogP contribution in [-0.2, 0) is 0 Å². The molecule has 0 aromatic carbocycles. The van der Waals surface area contributed by atoms with Crippen LogP contribution in [0.2, 0.25) is 0 Å². The van der Waals surface area contributed by atoms with Crippen molar-refractivity contribution in [2.24, 2.45) is 5.73 Å². The molecule has 2 heterocycles. The van der Waals surface area contributed by atoms with Gasteiger partial charge >= 0.3 is 0 Å². The lowest BCUT2D eigenvalue weighted by Gasteiger charge is -2.16. The van der Waals surface area contributed by atoms with Gasteiger partial charge in [-0.1, -0.05) is 6.07 Å². The summed E-state index contributed by atoms with van der Waals surface area (Å²) in [6.07, 6.45) is 2.98. The molecule has 1 fully saturated rings. The maximum atomic E-state index is 5.82. The Kier molecular flexibility index (Phi) is 2.19. The van der Waals surface area contributed by atoms with Gasteiger partial charge in [-0.15, -0.1) is 0 Å². The zero-order valence-electron chi connectivity index (χ0n) is 7.90. The molecule has 0 amide bonds. The van der Waals surface area contributed by atoms with Gasteiger partial charge < -0.3 is 10.6 Å². The number of aromatic nitrogens is 1. The van der Waals surface area contributed by atoms with E-state index in [0.717, 1.165) is 25.3 Å². The fraction of sp³-hybridized carbons (Fsp3) is 0.500. The molecule has 70 valence electrons. The Morgan fingerprint density at radius 1 is 1.54 bits per heavy atom. The number of hydrogen-bond acceptors (Lipinski definition) is 3. The zero-order chi connectivity index (χ0) is 9.26. The molecule has 0 unspecified atom stereocenters. The number of rotatable bonds is 1. The maximum Gasteiger partial charge on any atom is 0.128 e. The molecule has 13 heavy (non-hydrogen) atoms. The molecule has 0 spiro atoms. The summed E-state index contributed by atoms with van der Waals surface area (Å²) >= 11 is 0. The third-order valence-corrected chi connectivity index (χ3v) is 2.44. The number of aryl methyl sites for hydroxylation is 1. The second kappa shape index (κ2) is 3.34. The zero-order valence-corrected chi connectivity index (χ0v) is 7.90. The highest BCUT2D eigenvalue weighted by molar-refractivity contribution is 5.40. The van der Waals surface area contributed by atoms with Crippen LogP contribution in [0.4, 0.5) is 5.82 Å². The molecule has 1 saturated heterocycles. The molecule has 3 nitrogen and oxygen atoms in total. The van der Waals surface area contributed by atoms with Gasteiger partial charge in [-0.2, -0.15) is 0 Å². The van der Waals surface area contributed by atoms with Crippen molar-refractivity contribution in [3.05, 3.63) is 23.9 Å². The first-order chi connectivity index (χ1) is 6.25. The summed E-state index contributed by atoms with van der Waals surface area (Å²) in [5.41, 5.74) is 7.02. The highest BCUT2D eigenvalue weighted by Crippen LogP contribution is 2.16. The molecule has 0 bridgehead atoms. The molecule has 0 saturated carbocycles. The Morgan fingerprint density at radius 2 is 2.38 bits per heavy atom. The summed E-state index contributed by atoms with van der Waals surface area (Å²) in [6, 6.07) is 4.47. The topological polar surface area (TPSA) is 42.1 Å². The average molecular weight is 177 g/mol. The number of hydrogen-bond donors (Lipinski definition) is 1. The second-order valence-electron chi connectivity index (χ2n) is 3.69. The largest absolute Gasteiger partial charge is 0.355 e. The molecule has 2 N–H and O–H groups in total. The molecule has 1 aromatic rings. The first kappa shape index (κ1) is 8.51. The van der Waals surface area contributed by atoms with Crippen LogP contribution < -0.4 is 10.6 Å². The number of anilines is 1. The number of pyridine rings is 1. The normalized spacial score (nSPS) is 22.3. The van der Waals surface area contributed by atoms with E-state index in [0.29, 0.717) is 6.04 Å². The SMILES string of the molecule is Cc1ccc(N2CC[C@H](N)C2)nc1. The number of nitrogens with zero attached hydrogens (tertiary/aromatic N) is 2. The second-order valence-corrected chi connectivity index (χ2v) is 3.69. The van der Waals surface area contributed by atoms with E-state index in [2.05, 4.69) is 22.0 Å². The van der Waals surface area contributed by atoms with Crippen molar-refractivity contribution >= 4 is 5.82 Å². The van der Waals surface area contributed by atoms with Crippen molar-refractivity contribution < 1.29 is 0 Å². The van der Waals surface area contributed by atoms with Crippen LogP contribution in [0, 0.1) is 6.92 Å². The van der Waals surface area contributed by atoms with Crippen molar-refractivity contribution in [3.63, 3.8) is 0 Å². The summed E-state index contributed by atoms with van der Waals surface area (Å²) in [5.74, 6) is 1.05. The van der Waals surface area contributed by atoms with E-state index in [1.807, 2.05) is 13.1 Å². The quantitative estimate of drug-likeness (QED) is 0.693. The predicted octanol–water partition coefficient (Wildman–Crippen LogP) is 0.927. The summed E-state index contributed by atoms with van der Waals surface area (Å²) < 4.78 is 0. The Hall–Kier alpha value is -1.09. The van der Waals surface area contributed by atoms with Gasteiger partial charge in [0.2, 0.25) is 0 Å². The van der Waals surface area contributed by atoms with Gasteiger partial charge in [0.05, 0.1) is 0 Å². The standard InChI is InChI=1S/C10H15N3/c1-8-2-3-10(12-6-8)13-5-4-9(11)7-13/h2-3,6,9H,4-5,7,11H2,1H3/t9-/m0/s1. The third-order valence-electron chi connectivity index (χ3n) is 2.44. The van der Waals surface area contributed by atoms with Gasteiger partial charge in [-0.3, -0.25) is 0 Å². The highest BCUT2D eigenvalue weighted by Gasteiger charge is 2.19. The fourth-order valence-corrected chi connectivity index (χ4v) is 1.64. The average Bonchev–Trinajstić information content (AvgIpc) is 2.53. The van der Waals surface area contributed by atoms with Crippen LogP contribution in [0.15, 0.2) is 18.3 Å². The Bertz CT molecular complexity index is 281. The minimum atomic E-state index is 0.322. The van der Waals surface area contributed by atoms with E-state index in [9.17, 15) is 0 Å². The Balaban J connectivity index is 2.13. The predicted molar refractivity (Wildman–Crippen MR) is 53.8 cm³/mol. The van der Waals surface area contributed by atoms with E-state index in [4.69, 9.17) is 5.73 Å². The Morgan fingerprint density at radius 3 is 2.92 bits per heavy atom. The lowest BCUT2D eigenvalue weighted by molar-refractivity contribution is 0.751. The van der Waals surface area contributed by atoms with Crippen molar-refractivity contribution in [1.82, 2.24) is 4.98 Å². The molecule has 1 aliphatic rings. The molecular weight excluding hydrogens is 162 g/mol. The molecule has 2 rings (SSSR count). The van der Waals surface area contributed by atoms with Crippen molar-refractivity contribution in [3.8, 4) is 0 Å². The van der Waals surface area contributed by atoms with Crippen LogP contribution >= 0.6 is 0 Å². The monoisotopic (exact) mass is 177 g/mol. The minimum Gasteiger partial charge on any atom is -0.355 e. The molecule has 0 radical (unpaired) electrons. The third kappa shape index (κ3) is 1.80. The van der Waals surface area contributed by atoms with Crippen molar-refractivity contribution in [2.75, 3.05) is 18.0 Å². The van der Waals surface area contributed by atoms with Crippen molar-refractivity contribution in [2.45, 2.75) is 19.4 Å². The van der Waals surface area contributed by atoms with Crippen LogP contribution in [0.25, 0.3) is 0 Å². The molecule has 0 aliphatic carbocycles. The van der Waals surface area contributed by atoms with Gasteiger partial charge in [0.1, 0.15) is 5.82 Å². The van der Waals surface area contributed by atoms with Gasteiger partial charge in [0.25, 0.3) is 0 Å². The van der Waals surface area contributed by atoms with Crippen LogP contribution in [0.5, 0.6) is 0 Å². The molecule has 1 atom stereocenters. The van der Waals surface area contributed by atoms with Gasteiger partial charge in [0.15, 0.2) is 0 Å². The van der Waals surface area contributed by atoms with Gasteiger partial charge in [-0.25, -0.2) is 4.98 Å². The number of nitrogens with two attached hydrogens (primary N) is 1. The van der Waals surface area contributed by atoms with E-state index in [1.165, 1.54) is 5.56 Å². The lowest BCUT2D eigenvalue weighted by Crippen LogP contribution is -2.26. The molecule has 3 heteroatoms. The summed E-state index contributed by atoms with van der Waals surface area (Å²) in [6.45, 7) is 4.03. The molecule has 1 aromatic heterocycles.